The van der Waals surface area contributed by atoms with Gasteiger partial charge in [-0.25, -0.2) is 8.42 Å². The van der Waals surface area contributed by atoms with E-state index in [1.54, 1.807) is 0 Å². The van der Waals surface area contributed by atoms with Gasteiger partial charge in [0.05, 0.1) is 11.0 Å². The largest absolute Gasteiger partial charge is 0.298 e. The monoisotopic (exact) mass is 203 g/mol. The zero-order valence-corrected chi connectivity index (χ0v) is 9.21. The molecule has 3 unspecified atom stereocenters. The third kappa shape index (κ3) is 1.40. The first kappa shape index (κ1) is 9.46. The van der Waals surface area contributed by atoms with Crippen molar-refractivity contribution in [3.05, 3.63) is 0 Å². The van der Waals surface area contributed by atoms with Crippen molar-refractivity contribution in [2.24, 2.45) is 5.92 Å². The Morgan fingerprint density at radius 3 is 2.54 bits per heavy atom. The van der Waals surface area contributed by atoms with Crippen LogP contribution < -0.4 is 0 Å². The third-order valence-electron chi connectivity index (χ3n) is 3.38. The molecule has 1 aliphatic heterocycles. The molecule has 3 atom stereocenters. The number of fused-ring (bicyclic) bond motifs is 1. The summed E-state index contributed by atoms with van der Waals surface area (Å²) in [6.07, 6.45) is 0.863. The van der Waals surface area contributed by atoms with E-state index in [4.69, 9.17) is 0 Å². The molecule has 0 amide bonds. The topological polar surface area (TPSA) is 37.4 Å². The summed E-state index contributed by atoms with van der Waals surface area (Å²) in [6.45, 7) is 4.19. The summed E-state index contributed by atoms with van der Waals surface area (Å²) in [7, 11) is -0.697. The second-order valence-electron chi connectivity index (χ2n) is 4.65. The van der Waals surface area contributed by atoms with Gasteiger partial charge in [0, 0.05) is 12.1 Å². The molecule has 13 heavy (non-hydrogen) atoms. The van der Waals surface area contributed by atoms with Gasteiger partial charge >= 0.3 is 0 Å². The van der Waals surface area contributed by atoms with E-state index in [0.29, 0.717) is 17.7 Å². The highest BCUT2D eigenvalue weighted by molar-refractivity contribution is 7.92. The SMILES string of the molecule is CC(C)C1CS(=O)(=O)C2CC2N1C. The molecule has 0 aromatic heterocycles. The van der Waals surface area contributed by atoms with Crippen LogP contribution in [0.3, 0.4) is 0 Å². The number of sulfone groups is 1. The Morgan fingerprint density at radius 1 is 1.38 bits per heavy atom. The van der Waals surface area contributed by atoms with Crippen LogP contribution >= 0.6 is 0 Å². The van der Waals surface area contributed by atoms with Crippen molar-refractivity contribution < 1.29 is 8.42 Å². The maximum Gasteiger partial charge on any atom is 0.156 e. The molecule has 0 spiro atoms. The standard InChI is InChI=1S/C9H17NO2S/c1-6(2)8-5-13(11,12)9-4-7(9)10(8)3/h6-9H,4-5H2,1-3H3. The highest BCUT2D eigenvalue weighted by Crippen LogP contribution is 2.41. The highest BCUT2D eigenvalue weighted by Gasteiger charge is 2.55. The van der Waals surface area contributed by atoms with Crippen LogP contribution in [0, 0.1) is 5.92 Å². The summed E-state index contributed by atoms with van der Waals surface area (Å²) < 4.78 is 23.3. The molecule has 4 heteroatoms. The molecular weight excluding hydrogens is 186 g/mol. The van der Waals surface area contributed by atoms with Crippen molar-refractivity contribution in [2.75, 3.05) is 12.8 Å². The predicted octanol–water partition coefficient (Wildman–Crippen LogP) is 0.512. The molecule has 2 fully saturated rings. The molecule has 0 N–H and O–H groups in total. The van der Waals surface area contributed by atoms with E-state index in [2.05, 4.69) is 25.8 Å². The van der Waals surface area contributed by atoms with Gasteiger partial charge in [-0.3, -0.25) is 4.90 Å². The Labute approximate surface area is 80.0 Å². The van der Waals surface area contributed by atoms with Crippen LogP contribution in [0.2, 0.25) is 0 Å². The number of nitrogens with zero attached hydrogens (tertiary/aromatic N) is 1. The van der Waals surface area contributed by atoms with Gasteiger partial charge in [0.15, 0.2) is 9.84 Å². The van der Waals surface area contributed by atoms with Gasteiger partial charge in [0.1, 0.15) is 0 Å². The lowest BCUT2D eigenvalue weighted by Crippen LogP contribution is -2.48. The number of hydrogen-bond acceptors (Lipinski definition) is 3. The van der Waals surface area contributed by atoms with E-state index in [-0.39, 0.29) is 11.3 Å². The van der Waals surface area contributed by atoms with Gasteiger partial charge in [-0.1, -0.05) is 13.8 Å². The Hall–Kier alpha value is -0.0900. The van der Waals surface area contributed by atoms with Gasteiger partial charge in [-0.2, -0.15) is 0 Å². The van der Waals surface area contributed by atoms with Gasteiger partial charge < -0.3 is 0 Å². The van der Waals surface area contributed by atoms with Crippen LogP contribution in [0.15, 0.2) is 0 Å². The maximum atomic E-state index is 11.7. The minimum atomic E-state index is -2.76. The molecule has 0 aromatic rings. The lowest BCUT2D eigenvalue weighted by atomic mass is 10.0. The van der Waals surface area contributed by atoms with Crippen LogP contribution in [0.1, 0.15) is 20.3 Å². The van der Waals surface area contributed by atoms with Crippen LogP contribution in [-0.2, 0) is 9.84 Å². The Kier molecular flexibility index (Phi) is 1.97. The maximum absolute atomic E-state index is 11.7. The van der Waals surface area contributed by atoms with E-state index in [0.717, 1.165) is 6.42 Å². The van der Waals surface area contributed by atoms with Gasteiger partial charge in [0.2, 0.25) is 0 Å². The first-order chi connectivity index (χ1) is 5.93. The molecule has 0 bridgehead atoms. The van der Waals surface area contributed by atoms with E-state index >= 15 is 0 Å². The summed E-state index contributed by atoms with van der Waals surface area (Å²) in [5.74, 6) is 0.795. The minimum absolute atomic E-state index is 0.0347. The molecule has 0 radical (unpaired) electrons. The Bertz CT molecular complexity index is 310. The lowest BCUT2D eigenvalue weighted by Gasteiger charge is -2.34. The van der Waals surface area contributed by atoms with Crippen LogP contribution in [-0.4, -0.2) is 43.5 Å². The van der Waals surface area contributed by atoms with E-state index in [1.165, 1.54) is 0 Å². The van der Waals surface area contributed by atoms with Crippen molar-refractivity contribution >= 4 is 9.84 Å². The lowest BCUT2D eigenvalue weighted by molar-refractivity contribution is 0.194. The van der Waals surface area contributed by atoms with Crippen molar-refractivity contribution in [3.8, 4) is 0 Å². The first-order valence-electron chi connectivity index (χ1n) is 4.87. The second-order valence-corrected chi connectivity index (χ2v) is 6.91. The van der Waals surface area contributed by atoms with Crippen molar-refractivity contribution in [2.45, 2.75) is 37.6 Å². The van der Waals surface area contributed by atoms with Crippen LogP contribution in [0.4, 0.5) is 0 Å². The summed E-state index contributed by atoms with van der Waals surface area (Å²) in [6, 6.07) is 0.555. The molecule has 2 aliphatic rings. The first-order valence-corrected chi connectivity index (χ1v) is 6.58. The quantitative estimate of drug-likeness (QED) is 0.623. The molecule has 1 saturated heterocycles. The third-order valence-corrected chi connectivity index (χ3v) is 5.62. The molecule has 0 aromatic carbocycles. The predicted molar refractivity (Wildman–Crippen MR) is 52.4 cm³/mol. The van der Waals surface area contributed by atoms with Crippen molar-refractivity contribution in [1.82, 2.24) is 4.90 Å². The fraction of sp³-hybridized carbons (Fsp3) is 1.00. The van der Waals surface area contributed by atoms with Crippen LogP contribution in [0.5, 0.6) is 0 Å². The average Bonchev–Trinajstić information content (AvgIpc) is 2.75. The summed E-state index contributed by atoms with van der Waals surface area (Å²) in [4.78, 5) is 2.26. The summed E-state index contributed by atoms with van der Waals surface area (Å²) >= 11 is 0. The smallest absolute Gasteiger partial charge is 0.156 e. The normalized spacial score (nSPS) is 43.2. The van der Waals surface area contributed by atoms with E-state index in [9.17, 15) is 8.42 Å². The average molecular weight is 203 g/mol. The van der Waals surface area contributed by atoms with Gasteiger partial charge in [-0.15, -0.1) is 0 Å². The molecule has 1 aliphatic carbocycles. The molecule has 76 valence electrons. The number of hydrogen-bond donors (Lipinski definition) is 0. The number of rotatable bonds is 1. The van der Waals surface area contributed by atoms with E-state index in [1.807, 2.05) is 0 Å². The second kappa shape index (κ2) is 2.70. The zero-order chi connectivity index (χ0) is 9.80. The summed E-state index contributed by atoms with van der Waals surface area (Å²) in [5.41, 5.74) is 0. The highest BCUT2D eigenvalue weighted by atomic mass is 32.2. The fourth-order valence-corrected chi connectivity index (χ4v) is 4.87. The molecular formula is C9H17NO2S. The Balaban J connectivity index is 2.23. The van der Waals surface area contributed by atoms with Gasteiger partial charge in [-0.05, 0) is 19.4 Å². The molecule has 1 heterocycles. The minimum Gasteiger partial charge on any atom is -0.298 e. The molecule has 3 nitrogen and oxygen atoms in total. The van der Waals surface area contributed by atoms with Crippen molar-refractivity contribution in [3.63, 3.8) is 0 Å². The summed E-state index contributed by atoms with van der Waals surface area (Å²) in [5, 5.41) is -0.0347. The fourth-order valence-electron chi connectivity index (χ4n) is 2.36. The Morgan fingerprint density at radius 2 is 2.00 bits per heavy atom. The van der Waals surface area contributed by atoms with Crippen LogP contribution in [0.25, 0.3) is 0 Å². The molecule has 2 rings (SSSR count). The van der Waals surface area contributed by atoms with Gasteiger partial charge in [0.25, 0.3) is 0 Å². The molecule has 1 saturated carbocycles. The van der Waals surface area contributed by atoms with E-state index < -0.39 is 9.84 Å². The van der Waals surface area contributed by atoms with Crippen molar-refractivity contribution in [1.29, 1.82) is 0 Å². The zero-order valence-electron chi connectivity index (χ0n) is 8.40.